The van der Waals surface area contributed by atoms with Crippen LogP contribution in [0.5, 0.6) is 0 Å². The van der Waals surface area contributed by atoms with Gasteiger partial charge in [-0.05, 0) is 39.3 Å². The minimum Gasteiger partial charge on any atom is -0.457 e. The molecule has 0 aromatic heterocycles. The summed E-state index contributed by atoms with van der Waals surface area (Å²) in [5.41, 5.74) is 1.18. The number of carbonyl (C=O) groups is 1. The predicted octanol–water partition coefficient (Wildman–Crippen LogP) is 3.43. The van der Waals surface area contributed by atoms with E-state index in [9.17, 15) is 4.79 Å². The zero-order valence-corrected chi connectivity index (χ0v) is 10.3. The smallest absolute Gasteiger partial charge is 0.334 e. The van der Waals surface area contributed by atoms with Gasteiger partial charge in [-0.1, -0.05) is 30.3 Å². The Morgan fingerprint density at radius 1 is 1.19 bits per heavy atom. The first-order chi connectivity index (χ1) is 7.38. The van der Waals surface area contributed by atoms with Crippen LogP contribution >= 0.6 is 0 Å². The van der Waals surface area contributed by atoms with Crippen LogP contribution < -0.4 is 0 Å². The van der Waals surface area contributed by atoms with Crippen molar-refractivity contribution in [3.8, 4) is 0 Å². The molecular formula is C14H18O2. The van der Waals surface area contributed by atoms with E-state index >= 15 is 0 Å². The molecule has 2 nitrogen and oxygen atoms in total. The molecule has 0 fully saturated rings. The third-order valence-corrected chi connectivity index (χ3v) is 1.90. The lowest BCUT2D eigenvalue weighted by Crippen LogP contribution is -2.24. The second-order valence-electron chi connectivity index (χ2n) is 4.74. The maximum absolute atomic E-state index is 11.7. The van der Waals surface area contributed by atoms with Gasteiger partial charge in [-0.2, -0.15) is 0 Å². The Hall–Kier alpha value is -1.57. The van der Waals surface area contributed by atoms with E-state index in [-0.39, 0.29) is 5.97 Å². The van der Waals surface area contributed by atoms with Gasteiger partial charge in [-0.25, -0.2) is 4.79 Å². The van der Waals surface area contributed by atoms with Crippen molar-refractivity contribution in [2.24, 2.45) is 0 Å². The number of hydrogen-bond donors (Lipinski definition) is 0. The minimum atomic E-state index is -0.442. The van der Waals surface area contributed by atoms with Gasteiger partial charge in [0.05, 0.1) is 0 Å². The Morgan fingerprint density at radius 3 is 2.25 bits per heavy atom. The zero-order valence-electron chi connectivity index (χ0n) is 10.3. The molecule has 0 aliphatic carbocycles. The van der Waals surface area contributed by atoms with E-state index in [0.717, 1.165) is 5.56 Å². The average molecular weight is 218 g/mol. The van der Waals surface area contributed by atoms with Gasteiger partial charge in [-0.15, -0.1) is 0 Å². The highest BCUT2D eigenvalue weighted by atomic mass is 16.6. The van der Waals surface area contributed by atoms with E-state index in [4.69, 9.17) is 4.74 Å². The summed E-state index contributed by atoms with van der Waals surface area (Å²) in [6, 6.07) is 9.73. The van der Waals surface area contributed by atoms with E-state index in [1.807, 2.05) is 57.2 Å². The van der Waals surface area contributed by atoms with Crippen molar-refractivity contribution in [1.82, 2.24) is 0 Å². The Labute approximate surface area is 96.9 Å². The lowest BCUT2D eigenvalue weighted by molar-refractivity contribution is -0.149. The minimum absolute atomic E-state index is 0.267. The fourth-order valence-electron chi connectivity index (χ4n) is 1.22. The van der Waals surface area contributed by atoms with E-state index < -0.39 is 5.60 Å². The Bertz CT molecular complexity index is 383. The highest BCUT2D eigenvalue weighted by molar-refractivity contribution is 5.93. The average Bonchev–Trinajstić information content (AvgIpc) is 2.16. The molecule has 0 N–H and O–H groups in total. The van der Waals surface area contributed by atoms with Gasteiger partial charge in [-0.3, -0.25) is 0 Å². The van der Waals surface area contributed by atoms with Crippen molar-refractivity contribution in [2.75, 3.05) is 0 Å². The Balaban J connectivity index is 2.75. The SMILES string of the molecule is CC(=Cc1ccccc1)C(=O)OC(C)(C)C. The van der Waals surface area contributed by atoms with Gasteiger partial charge in [0, 0.05) is 5.57 Å². The summed E-state index contributed by atoms with van der Waals surface area (Å²) in [5, 5.41) is 0. The lowest BCUT2D eigenvalue weighted by atomic mass is 10.1. The first kappa shape index (κ1) is 12.5. The standard InChI is InChI=1S/C14H18O2/c1-11(13(15)16-14(2,3)4)10-12-8-6-5-7-9-12/h5-10H,1-4H3. The van der Waals surface area contributed by atoms with Crippen LogP contribution in [0.25, 0.3) is 6.08 Å². The monoisotopic (exact) mass is 218 g/mol. The fraction of sp³-hybridized carbons (Fsp3) is 0.357. The van der Waals surface area contributed by atoms with Crippen LogP contribution in [0.15, 0.2) is 35.9 Å². The maximum atomic E-state index is 11.7. The Morgan fingerprint density at radius 2 is 1.75 bits per heavy atom. The third-order valence-electron chi connectivity index (χ3n) is 1.90. The Kier molecular flexibility index (Phi) is 3.88. The van der Waals surface area contributed by atoms with Crippen LogP contribution in [-0.4, -0.2) is 11.6 Å². The van der Waals surface area contributed by atoms with Crippen molar-refractivity contribution >= 4 is 12.0 Å². The summed E-state index contributed by atoms with van der Waals surface area (Å²) in [7, 11) is 0. The molecule has 0 amide bonds. The van der Waals surface area contributed by atoms with Crippen LogP contribution in [-0.2, 0) is 9.53 Å². The summed E-state index contributed by atoms with van der Waals surface area (Å²) < 4.78 is 5.26. The molecule has 2 heteroatoms. The third kappa shape index (κ3) is 4.30. The normalized spacial score (nSPS) is 12.4. The molecule has 0 unspecified atom stereocenters. The predicted molar refractivity (Wildman–Crippen MR) is 65.9 cm³/mol. The van der Waals surface area contributed by atoms with Gasteiger partial charge in [0.15, 0.2) is 0 Å². The second-order valence-corrected chi connectivity index (χ2v) is 4.74. The van der Waals surface area contributed by atoms with E-state index in [2.05, 4.69) is 0 Å². The number of ether oxygens (including phenoxy) is 1. The topological polar surface area (TPSA) is 26.3 Å². The number of benzene rings is 1. The number of esters is 1. The van der Waals surface area contributed by atoms with Gasteiger partial charge in [0.2, 0.25) is 0 Å². The molecule has 0 saturated carbocycles. The maximum Gasteiger partial charge on any atom is 0.334 e. The molecule has 0 saturated heterocycles. The largest absolute Gasteiger partial charge is 0.457 e. The second kappa shape index (κ2) is 4.97. The molecule has 1 rings (SSSR count). The first-order valence-corrected chi connectivity index (χ1v) is 5.35. The lowest BCUT2D eigenvalue weighted by Gasteiger charge is -2.19. The molecule has 0 atom stereocenters. The van der Waals surface area contributed by atoms with Crippen molar-refractivity contribution in [1.29, 1.82) is 0 Å². The van der Waals surface area contributed by atoms with Crippen LogP contribution in [0.1, 0.15) is 33.3 Å². The van der Waals surface area contributed by atoms with E-state index in [1.165, 1.54) is 0 Å². The highest BCUT2D eigenvalue weighted by Gasteiger charge is 2.17. The van der Waals surface area contributed by atoms with Gasteiger partial charge >= 0.3 is 5.97 Å². The van der Waals surface area contributed by atoms with Gasteiger partial charge < -0.3 is 4.74 Å². The van der Waals surface area contributed by atoms with Crippen LogP contribution in [0.2, 0.25) is 0 Å². The molecule has 0 bridgehead atoms. The van der Waals surface area contributed by atoms with Crippen molar-refractivity contribution in [3.05, 3.63) is 41.5 Å². The highest BCUT2D eigenvalue weighted by Crippen LogP contribution is 2.13. The molecule has 1 aromatic carbocycles. The van der Waals surface area contributed by atoms with Gasteiger partial charge in [0.25, 0.3) is 0 Å². The van der Waals surface area contributed by atoms with Gasteiger partial charge in [0.1, 0.15) is 5.60 Å². The quantitative estimate of drug-likeness (QED) is 0.561. The summed E-state index contributed by atoms with van der Waals surface area (Å²) >= 11 is 0. The first-order valence-electron chi connectivity index (χ1n) is 5.35. The van der Waals surface area contributed by atoms with Crippen LogP contribution in [0, 0.1) is 0 Å². The fourth-order valence-corrected chi connectivity index (χ4v) is 1.22. The van der Waals surface area contributed by atoms with E-state index in [1.54, 1.807) is 6.92 Å². The summed E-state index contributed by atoms with van der Waals surface area (Å²) in [5.74, 6) is -0.267. The number of rotatable bonds is 2. The molecular weight excluding hydrogens is 200 g/mol. The van der Waals surface area contributed by atoms with Crippen molar-refractivity contribution in [3.63, 3.8) is 0 Å². The van der Waals surface area contributed by atoms with E-state index in [0.29, 0.717) is 5.57 Å². The summed E-state index contributed by atoms with van der Waals surface area (Å²) in [6.45, 7) is 7.35. The summed E-state index contributed by atoms with van der Waals surface area (Å²) in [6.07, 6.45) is 1.83. The molecule has 0 aliphatic heterocycles. The number of carbonyl (C=O) groups excluding carboxylic acids is 1. The van der Waals surface area contributed by atoms with Crippen LogP contribution in [0.4, 0.5) is 0 Å². The molecule has 16 heavy (non-hydrogen) atoms. The molecule has 0 radical (unpaired) electrons. The molecule has 0 spiro atoms. The van der Waals surface area contributed by atoms with Crippen LogP contribution in [0.3, 0.4) is 0 Å². The van der Waals surface area contributed by atoms with Crippen molar-refractivity contribution < 1.29 is 9.53 Å². The number of hydrogen-bond acceptors (Lipinski definition) is 2. The molecule has 1 aromatic rings. The molecule has 0 aliphatic rings. The van der Waals surface area contributed by atoms with Crippen molar-refractivity contribution in [2.45, 2.75) is 33.3 Å². The summed E-state index contributed by atoms with van der Waals surface area (Å²) in [4.78, 5) is 11.7. The molecule has 86 valence electrons. The molecule has 0 heterocycles. The zero-order chi connectivity index (χ0) is 12.2.